The first-order valence-corrected chi connectivity index (χ1v) is 20.7. The zero-order valence-electron chi connectivity index (χ0n) is 34.2. The number of ketones is 1. The standard InChI is InChI=1S/C49H57NO6/c1-27(2)40-43(54)38-37-30(33-25-45(3,4)56-46(5,6)39(33)42(37)53)24-31-32-23-29-18-19-34-47(7,21-14-13-17-36(52)55-26-28-15-11-10-12-16-28)35(51)20-22-48(34,8)49(29,9)44(32)50(40)41(31)38/h10-17,21,24-25,29,34-35,39-40,42,51,53H,1,18-20,22-23,26H2,2-9H3/b17-13+,21-14+/t29-,34-,35-,39+,40-,42+,47-,48-,49+/m0/s1. The Hall–Kier alpha value is -4.04. The highest BCUT2D eigenvalue weighted by Crippen LogP contribution is 2.71. The second-order valence-electron chi connectivity index (χ2n) is 19.6. The lowest BCUT2D eigenvalue weighted by atomic mass is 9.40. The molecule has 0 spiro atoms. The van der Waals surface area contributed by atoms with Gasteiger partial charge in [0, 0.05) is 39.5 Å². The van der Waals surface area contributed by atoms with E-state index in [1.165, 1.54) is 17.3 Å². The number of hydrogen-bond donors (Lipinski definition) is 2. The van der Waals surface area contributed by atoms with E-state index in [0.717, 1.165) is 64.4 Å². The minimum absolute atomic E-state index is 0.0268. The minimum Gasteiger partial charge on any atom is -0.458 e. The number of esters is 1. The predicted molar refractivity (Wildman–Crippen MR) is 219 cm³/mol. The summed E-state index contributed by atoms with van der Waals surface area (Å²) in [6.45, 7) is 21.9. The molecular formula is C49H57NO6. The number of aliphatic hydroxyl groups excluding tert-OH is 2. The highest BCUT2D eigenvalue weighted by atomic mass is 16.5. The number of hydrogen-bond acceptors (Lipinski definition) is 6. The molecule has 7 nitrogen and oxygen atoms in total. The summed E-state index contributed by atoms with van der Waals surface area (Å²) in [6, 6.07) is 11.4. The van der Waals surface area contributed by atoms with Crippen molar-refractivity contribution in [2.24, 2.45) is 28.6 Å². The van der Waals surface area contributed by atoms with Gasteiger partial charge in [-0.15, -0.1) is 0 Å². The van der Waals surface area contributed by atoms with Gasteiger partial charge in [-0.25, -0.2) is 4.79 Å². The van der Waals surface area contributed by atoms with Gasteiger partial charge in [0.05, 0.1) is 34.5 Å². The summed E-state index contributed by atoms with van der Waals surface area (Å²) in [7, 11) is 0. The van der Waals surface area contributed by atoms with E-state index in [1.54, 1.807) is 6.08 Å². The smallest absolute Gasteiger partial charge is 0.331 e. The Kier molecular flexibility index (Phi) is 8.20. The van der Waals surface area contributed by atoms with Gasteiger partial charge in [0.25, 0.3) is 0 Å². The van der Waals surface area contributed by atoms with Gasteiger partial charge in [-0.2, -0.15) is 0 Å². The third kappa shape index (κ3) is 4.92. The van der Waals surface area contributed by atoms with Crippen molar-refractivity contribution in [2.75, 3.05) is 0 Å². The molecule has 0 amide bonds. The van der Waals surface area contributed by atoms with E-state index < -0.39 is 40.8 Å². The number of Topliss-reactive ketones (excluding diaryl/α,β-unsaturated/α-hetero) is 1. The van der Waals surface area contributed by atoms with Gasteiger partial charge < -0.3 is 24.3 Å². The third-order valence-electron chi connectivity index (χ3n) is 15.6. The molecule has 9 rings (SSSR count). The van der Waals surface area contributed by atoms with Crippen molar-refractivity contribution in [1.82, 2.24) is 4.57 Å². The summed E-state index contributed by atoms with van der Waals surface area (Å²) in [5.74, 6) is -0.130. The van der Waals surface area contributed by atoms with Crippen molar-refractivity contribution in [3.63, 3.8) is 0 Å². The van der Waals surface area contributed by atoms with Crippen LogP contribution in [0.3, 0.4) is 0 Å². The van der Waals surface area contributed by atoms with E-state index >= 15 is 0 Å². The molecule has 0 bridgehead atoms. The lowest BCUT2D eigenvalue weighted by Gasteiger charge is -2.64. The fraction of sp³-hybridized carbons (Fsp3) is 0.510. The first-order chi connectivity index (χ1) is 26.4. The minimum atomic E-state index is -0.861. The van der Waals surface area contributed by atoms with E-state index in [-0.39, 0.29) is 35.1 Å². The molecule has 294 valence electrons. The number of aliphatic hydroxyl groups is 2. The maximum absolute atomic E-state index is 14.9. The highest BCUT2D eigenvalue weighted by molar-refractivity contribution is 6.18. The third-order valence-corrected chi connectivity index (χ3v) is 15.6. The van der Waals surface area contributed by atoms with E-state index in [1.807, 2.05) is 43.3 Å². The monoisotopic (exact) mass is 755 g/mol. The van der Waals surface area contributed by atoms with Crippen LogP contribution in [0.4, 0.5) is 0 Å². The van der Waals surface area contributed by atoms with Crippen molar-refractivity contribution in [3.05, 3.63) is 112 Å². The number of nitrogens with zero attached hydrogens (tertiary/aromatic N) is 1. The Bertz CT molecular complexity index is 2310. The van der Waals surface area contributed by atoms with Crippen LogP contribution in [-0.4, -0.2) is 43.8 Å². The number of benzene rings is 2. The zero-order chi connectivity index (χ0) is 39.9. The van der Waals surface area contributed by atoms with Crippen molar-refractivity contribution < 1.29 is 29.3 Å². The molecule has 1 aromatic heterocycles. The van der Waals surface area contributed by atoms with Crippen LogP contribution in [0.15, 0.2) is 78.9 Å². The Morgan fingerprint density at radius 2 is 1.77 bits per heavy atom. The second-order valence-corrected chi connectivity index (χ2v) is 19.6. The van der Waals surface area contributed by atoms with Gasteiger partial charge in [0.2, 0.25) is 0 Å². The van der Waals surface area contributed by atoms with Crippen molar-refractivity contribution >= 4 is 28.2 Å². The summed E-state index contributed by atoms with van der Waals surface area (Å²) < 4.78 is 14.4. The molecule has 7 heteroatoms. The number of ether oxygens (including phenoxy) is 2. The molecule has 0 unspecified atom stereocenters. The summed E-state index contributed by atoms with van der Waals surface area (Å²) in [5.41, 5.74) is 6.58. The van der Waals surface area contributed by atoms with E-state index in [4.69, 9.17) is 9.47 Å². The number of allylic oxidation sites excluding steroid dienone is 3. The number of carbonyl (C=O) groups is 2. The van der Waals surface area contributed by atoms with E-state index in [0.29, 0.717) is 17.9 Å². The van der Waals surface area contributed by atoms with Gasteiger partial charge in [-0.3, -0.25) is 4.79 Å². The summed E-state index contributed by atoms with van der Waals surface area (Å²) in [4.78, 5) is 27.5. The molecule has 2 saturated carbocycles. The molecule has 9 atom stereocenters. The predicted octanol–water partition coefficient (Wildman–Crippen LogP) is 9.45. The molecule has 56 heavy (non-hydrogen) atoms. The van der Waals surface area contributed by atoms with E-state index in [9.17, 15) is 19.8 Å². The lowest BCUT2D eigenvalue weighted by Crippen LogP contribution is -2.62. The van der Waals surface area contributed by atoms with Crippen LogP contribution in [0, 0.1) is 28.6 Å². The van der Waals surface area contributed by atoms with Crippen molar-refractivity contribution in [3.8, 4) is 0 Å². The number of carbonyl (C=O) groups excluding carboxylic acids is 2. The van der Waals surface area contributed by atoms with E-state index in [2.05, 4.69) is 77.8 Å². The second kappa shape index (κ2) is 12.2. The summed E-state index contributed by atoms with van der Waals surface area (Å²) >= 11 is 0. The number of fused-ring (bicyclic) bond motifs is 11. The summed E-state index contributed by atoms with van der Waals surface area (Å²) in [5, 5.41) is 25.2. The topological polar surface area (TPSA) is 98.0 Å². The fourth-order valence-electron chi connectivity index (χ4n) is 13.3. The maximum atomic E-state index is 14.9. The normalized spacial score (nSPS) is 36.0. The van der Waals surface area contributed by atoms with Crippen LogP contribution < -0.4 is 0 Å². The average Bonchev–Trinajstić information content (AvgIpc) is 3.80. The maximum Gasteiger partial charge on any atom is 0.331 e. The largest absolute Gasteiger partial charge is 0.458 e. The Balaban J connectivity index is 1.13. The van der Waals surface area contributed by atoms with Crippen LogP contribution in [0.2, 0.25) is 0 Å². The lowest BCUT2D eigenvalue weighted by molar-refractivity contribution is -0.144. The zero-order valence-corrected chi connectivity index (χ0v) is 34.2. The fourth-order valence-corrected chi connectivity index (χ4v) is 13.3. The first kappa shape index (κ1) is 37.5. The molecule has 3 aromatic rings. The molecule has 2 aromatic carbocycles. The SMILES string of the molecule is C=C(C)[C@H]1C(=O)c2c3c(cc4c5c(n1c24)[C@@]1(C)[C@@H](CC[C@H]2[C@](C)(/C=C/C=C/C(=O)OCc4ccccc4)[C@@H](O)CC[C@@]21C)C5)C1=CC(C)(C)OC(C)(C)[C@H]1[C@@H]3O. The van der Waals surface area contributed by atoms with Crippen molar-refractivity contribution in [2.45, 2.75) is 129 Å². The number of rotatable bonds is 6. The molecule has 2 N–H and O–H groups in total. The van der Waals surface area contributed by atoms with Crippen molar-refractivity contribution in [1.29, 1.82) is 0 Å². The summed E-state index contributed by atoms with van der Waals surface area (Å²) in [6.07, 6.45) is 12.4. The molecule has 4 aliphatic carbocycles. The molecule has 0 radical (unpaired) electrons. The van der Waals surface area contributed by atoms with Gasteiger partial charge in [-0.1, -0.05) is 81.5 Å². The van der Waals surface area contributed by atoms with Crippen LogP contribution in [0.5, 0.6) is 0 Å². The van der Waals surface area contributed by atoms with Crippen LogP contribution in [0.1, 0.15) is 132 Å². The molecule has 2 aliphatic heterocycles. The van der Waals surface area contributed by atoms with Crippen LogP contribution in [-0.2, 0) is 32.7 Å². The molecule has 2 fully saturated rings. The van der Waals surface area contributed by atoms with Gasteiger partial charge in [0.15, 0.2) is 5.78 Å². The first-order valence-electron chi connectivity index (χ1n) is 20.7. The Labute approximate surface area is 331 Å². The number of aromatic nitrogens is 1. The van der Waals surface area contributed by atoms with Gasteiger partial charge in [-0.05, 0) is 118 Å². The average molecular weight is 756 g/mol. The van der Waals surface area contributed by atoms with Crippen LogP contribution >= 0.6 is 0 Å². The highest BCUT2D eigenvalue weighted by Gasteiger charge is 2.67. The molecular weight excluding hydrogens is 699 g/mol. The molecule has 3 heterocycles. The molecule has 6 aliphatic rings. The van der Waals surface area contributed by atoms with Crippen LogP contribution in [0.25, 0.3) is 16.5 Å². The Morgan fingerprint density at radius 3 is 2.48 bits per heavy atom. The quantitative estimate of drug-likeness (QED) is 0.113. The van der Waals surface area contributed by atoms with Gasteiger partial charge >= 0.3 is 5.97 Å². The molecule has 0 saturated heterocycles. The Morgan fingerprint density at radius 1 is 1.04 bits per heavy atom. The van der Waals surface area contributed by atoms with Gasteiger partial charge in [0.1, 0.15) is 12.6 Å².